The quantitative estimate of drug-likeness (QED) is 0.311. The van der Waals surface area contributed by atoms with Gasteiger partial charge in [-0.1, -0.05) is 12.1 Å². The van der Waals surface area contributed by atoms with Crippen molar-refractivity contribution in [3.05, 3.63) is 69.3 Å². The van der Waals surface area contributed by atoms with Crippen LogP contribution in [0, 0.1) is 17.1 Å². The molecule has 2 amide bonds. The molecule has 0 bridgehead atoms. The molecule has 2 aromatic carbocycles. The summed E-state index contributed by atoms with van der Waals surface area (Å²) in [5.41, 5.74) is -0.359. The summed E-state index contributed by atoms with van der Waals surface area (Å²) in [6.07, 6.45) is -1.14. The Morgan fingerprint density at radius 3 is 2.58 bits per heavy atom. The monoisotopic (exact) mass is 543 g/mol. The Labute approximate surface area is 220 Å². The number of nitrogens with one attached hydrogen (secondary N) is 2. The fourth-order valence-corrected chi connectivity index (χ4v) is 4.00. The molecule has 38 heavy (non-hydrogen) atoms. The van der Waals surface area contributed by atoms with Crippen molar-refractivity contribution in [2.75, 3.05) is 39.5 Å². The lowest BCUT2D eigenvalue weighted by atomic mass is 9.95. The van der Waals surface area contributed by atoms with Crippen LogP contribution in [0.15, 0.2) is 45.6 Å². The van der Waals surface area contributed by atoms with Gasteiger partial charge in [0.2, 0.25) is 5.91 Å². The van der Waals surface area contributed by atoms with Crippen LogP contribution < -0.4 is 19.8 Å². The van der Waals surface area contributed by atoms with E-state index in [-0.39, 0.29) is 53.1 Å². The molecule has 0 aliphatic heterocycles. The van der Waals surface area contributed by atoms with Gasteiger partial charge in [-0.15, -0.1) is 0 Å². The van der Waals surface area contributed by atoms with E-state index >= 15 is 4.39 Å². The number of amides is 2. The number of carbonyl (C=O) groups excluding carboxylic acids is 2. The third-order valence-corrected chi connectivity index (χ3v) is 6.33. The van der Waals surface area contributed by atoms with Gasteiger partial charge in [0.15, 0.2) is 17.0 Å². The van der Waals surface area contributed by atoms with Crippen molar-refractivity contribution in [1.82, 2.24) is 14.5 Å². The molecule has 0 aliphatic carbocycles. The first kappa shape index (κ1) is 28.3. The maximum Gasteiger partial charge on any atom is 0.414 e. The maximum absolute atomic E-state index is 15.2. The summed E-state index contributed by atoms with van der Waals surface area (Å²) in [4.78, 5) is 40.4. The molecule has 11 nitrogen and oxygen atoms in total. The highest BCUT2D eigenvalue weighted by Gasteiger charge is 2.22. The molecule has 0 saturated heterocycles. The molecule has 0 spiro atoms. The van der Waals surface area contributed by atoms with Gasteiger partial charge in [0.25, 0.3) is 0 Å². The second-order valence-corrected chi connectivity index (χ2v) is 9.53. The topological polar surface area (TPSA) is 145 Å². The number of anilines is 1. The highest BCUT2D eigenvalue weighted by Crippen LogP contribution is 2.28. The van der Waals surface area contributed by atoms with E-state index in [9.17, 15) is 18.6 Å². The Bertz CT molecular complexity index is 1500. The van der Waals surface area contributed by atoms with E-state index in [4.69, 9.17) is 14.4 Å². The molecule has 1 atom stereocenters. The van der Waals surface area contributed by atoms with Gasteiger partial charge in [0.1, 0.15) is 17.9 Å². The van der Waals surface area contributed by atoms with Gasteiger partial charge in [0.05, 0.1) is 18.2 Å². The van der Waals surface area contributed by atoms with Crippen molar-refractivity contribution >= 4 is 39.8 Å². The van der Waals surface area contributed by atoms with E-state index in [2.05, 4.69) is 9.44 Å². The number of nitriles is 1. The number of hydrogen-bond donors (Lipinski definition) is 2. The average molecular weight is 544 g/mol. The van der Waals surface area contributed by atoms with E-state index < -0.39 is 34.6 Å². The minimum Gasteiger partial charge on any atom is -0.422 e. The van der Waals surface area contributed by atoms with Crippen molar-refractivity contribution in [3.8, 4) is 11.8 Å². The predicted octanol–water partition coefficient (Wildman–Crippen LogP) is 2.32. The van der Waals surface area contributed by atoms with Gasteiger partial charge in [-0.3, -0.25) is 9.52 Å². The fourth-order valence-electron chi connectivity index (χ4n) is 3.54. The van der Waals surface area contributed by atoms with Crippen LogP contribution in [0.5, 0.6) is 5.75 Å². The Kier molecular flexibility index (Phi) is 9.16. The van der Waals surface area contributed by atoms with E-state index in [0.717, 1.165) is 0 Å². The van der Waals surface area contributed by atoms with Gasteiger partial charge in [0, 0.05) is 44.6 Å². The SMILES string of the molecule is CNS(=O)Nc1cccc(Cc2c(CC(=O)N(C)CC#N)c3ccc(OC(=O)N(C)C)cc3oc2=O)c1F. The third kappa shape index (κ3) is 6.53. The smallest absolute Gasteiger partial charge is 0.414 e. The van der Waals surface area contributed by atoms with Crippen LogP contribution in [-0.2, 0) is 28.8 Å². The largest absolute Gasteiger partial charge is 0.422 e. The van der Waals surface area contributed by atoms with Gasteiger partial charge >= 0.3 is 11.7 Å². The number of fused-ring (bicyclic) bond motifs is 1. The van der Waals surface area contributed by atoms with Gasteiger partial charge in [-0.05, 0) is 36.4 Å². The van der Waals surface area contributed by atoms with E-state index in [1.165, 1.54) is 74.4 Å². The summed E-state index contributed by atoms with van der Waals surface area (Å²) in [6.45, 7) is -0.164. The molecule has 1 unspecified atom stereocenters. The van der Waals surface area contributed by atoms with Crippen LogP contribution in [0.1, 0.15) is 16.7 Å². The molecular weight excluding hydrogens is 517 g/mol. The first-order valence-corrected chi connectivity index (χ1v) is 12.4. The van der Waals surface area contributed by atoms with Gasteiger partial charge < -0.3 is 19.0 Å². The number of nitrogens with zero attached hydrogens (tertiary/aromatic N) is 3. The van der Waals surface area contributed by atoms with E-state index in [1.54, 1.807) is 0 Å². The van der Waals surface area contributed by atoms with Crippen LogP contribution in [0.4, 0.5) is 14.9 Å². The molecule has 0 saturated carbocycles. The lowest BCUT2D eigenvalue weighted by molar-refractivity contribution is -0.128. The van der Waals surface area contributed by atoms with Crippen LogP contribution in [-0.4, -0.2) is 60.7 Å². The minimum absolute atomic E-state index is 0.0417. The first-order valence-electron chi connectivity index (χ1n) is 11.3. The zero-order chi connectivity index (χ0) is 28.0. The summed E-state index contributed by atoms with van der Waals surface area (Å²) in [5.74, 6) is -1.04. The number of carbonyl (C=O) groups is 2. The Morgan fingerprint density at radius 2 is 1.92 bits per heavy atom. The van der Waals surface area contributed by atoms with Gasteiger partial charge in [-0.2, -0.15) is 5.26 Å². The van der Waals surface area contributed by atoms with E-state index in [1.807, 2.05) is 6.07 Å². The summed E-state index contributed by atoms with van der Waals surface area (Å²) in [7, 11) is 5.91. The second kappa shape index (κ2) is 12.3. The second-order valence-electron chi connectivity index (χ2n) is 8.38. The van der Waals surface area contributed by atoms with Crippen molar-refractivity contribution < 1.29 is 27.3 Å². The summed E-state index contributed by atoms with van der Waals surface area (Å²) < 4.78 is 42.7. The van der Waals surface area contributed by atoms with Crippen molar-refractivity contribution in [2.45, 2.75) is 12.8 Å². The van der Waals surface area contributed by atoms with Gasteiger partial charge in [-0.25, -0.2) is 22.9 Å². The van der Waals surface area contributed by atoms with Crippen molar-refractivity contribution in [2.24, 2.45) is 0 Å². The summed E-state index contributed by atoms with van der Waals surface area (Å²) >= 11 is -1.73. The number of ether oxygens (including phenoxy) is 1. The predicted molar refractivity (Wildman–Crippen MR) is 139 cm³/mol. The number of hydrogen-bond acceptors (Lipinski definition) is 7. The zero-order valence-corrected chi connectivity index (χ0v) is 22.0. The summed E-state index contributed by atoms with van der Waals surface area (Å²) in [5, 5.41) is 9.35. The Balaban J connectivity index is 2.13. The van der Waals surface area contributed by atoms with Crippen LogP contribution >= 0.6 is 0 Å². The molecule has 3 rings (SSSR count). The lowest BCUT2D eigenvalue weighted by Crippen LogP contribution is -2.29. The van der Waals surface area contributed by atoms with Crippen LogP contribution in [0.2, 0.25) is 0 Å². The van der Waals surface area contributed by atoms with Crippen molar-refractivity contribution in [1.29, 1.82) is 5.26 Å². The van der Waals surface area contributed by atoms with Crippen LogP contribution in [0.3, 0.4) is 0 Å². The molecule has 2 N–H and O–H groups in total. The fraction of sp³-hybridized carbons (Fsp3) is 0.280. The molecule has 0 fully saturated rings. The highest BCUT2D eigenvalue weighted by molar-refractivity contribution is 7.84. The third-order valence-electron chi connectivity index (χ3n) is 5.56. The Morgan fingerprint density at radius 1 is 1.18 bits per heavy atom. The minimum atomic E-state index is -1.73. The molecule has 3 aromatic rings. The number of likely N-dealkylation sites (N-methyl/N-ethyl adjacent to an activating group) is 1. The standard InChI is InChI=1S/C25H26FN5O6S/c1-28-38(35)29-20-7-5-6-15(23(20)26)12-19-18(14-22(32)31(4)11-10-27)17-9-8-16(36-25(34)30(2)3)13-21(17)37-24(19)33/h5-9,13,28-29H,11-12,14H2,1-4H3. The number of halogens is 1. The molecule has 200 valence electrons. The maximum atomic E-state index is 15.2. The number of rotatable bonds is 9. The molecule has 0 radical (unpaired) electrons. The highest BCUT2D eigenvalue weighted by atomic mass is 32.2. The normalized spacial score (nSPS) is 11.5. The molecule has 0 aliphatic rings. The number of benzene rings is 2. The van der Waals surface area contributed by atoms with Crippen molar-refractivity contribution in [3.63, 3.8) is 0 Å². The lowest BCUT2D eigenvalue weighted by Gasteiger charge is -2.17. The molecular formula is C25H26FN5O6S. The summed E-state index contributed by atoms with van der Waals surface area (Å²) in [6, 6.07) is 10.7. The molecule has 13 heteroatoms. The molecule has 1 heterocycles. The van der Waals surface area contributed by atoms with E-state index in [0.29, 0.717) is 5.39 Å². The molecule has 1 aromatic heterocycles. The Hall–Kier alpha value is -4.28. The first-order chi connectivity index (χ1) is 18.0. The average Bonchev–Trinajstić information content (AvgIpc) is 2.87. The zero-order valence-electron chi connectivity index (χ0n) is 21.2. The van der Waals surface area contributed by atoms with Crippen LogP contribution in [0.25, 0.3) is 11.0 Å².